The summed E-state index contributed by atoms with van der Waals surface area (Å²) in [5.41, 5.74) is -0.115. The maximum Gasteiger partial charge on any atom is 0.296 e. The fourth-order valence-electron chi connectivity index (χ4n) is 4.52. The standard InChI is InChI=1S/C21H25FN4O3/c1-12-9-14(3-4-15(12)22)10-24-18(28)16-17(27)19(29)26-11-13-5-7-21(23-2,8-6-13)20(26)25-16/h3-4,9,13,23,27H,5-8,10-11H2,1-2H3,(H,24,28). The number of hydrogen-bond acceptors (Lipinski definition) is 5. The van der Waals surface area contributed by atoms with E-state index in [9.17, 15) is 19.1 Å². The second-order valence-corrected chi connectivity index (χ2v) is 8.09. The van der Waals surface area contributed by atoms with Crippen molar-refractivity contribution in [2.24, 2.45) is 5.92 Å². The van der Waals surface area contributed by atoms with Gasteiger partial charge in [-0.15, -0.1) is 0 Å². The Morgan fingerprint density at radius 1 is 1.38 bits per heavy atom. The first-order valence-electron chi connectivity index (χ1n) is 9.91. The van der Waals surface area contributed by atoms with E-state index >= 15 is 0 Å². The highest BCUT2D eigenvalue weighted by Crippen LogP contribution is 2.42. The average Bonchev–Trinajstić information content (AvgIpc) is 2.98. The Morgan fingerprint density at radius 2 is 2.10 bits per heavy atom. The topological polar surface area (TPSA) is 96.2 Å². The van der Waals surface area contributed by atoms with E-state index in [4.69, 9.17) is 0 Å². The molecule has 5 rings (SSSR count). The Morgan fingerprint density at radius 3 is 2.76 bits per heavy atom. The molecular formula is C21H25FN4O3. The minimum atomic E-state index is -0.630. The Bertz CT molecular complexity index is 1030. The number of aryl methyl sites for hydroxylation is 1. The quantitative estimate of drug-likeness (QED) is 0.729. The van der Waals surface area contributed by atoms with Crippen molar-refractivity contribution in [2.75, 3.05) is 7.05 Å². The molecule has 1 amide bonds. The van der Waals surface area contributed by atoms with Crippen molar-refractivity contribution in [3.8, 4) is 5.75 Å². The first-order valence-corrected chi connectivity index (χ1v) is 9.91. The summed E-state index contributed by atoms with van der Waals surface area (Å²) in [6, 6.07) is 4.56. The molecule has 0 radical (unpaired) electrons. The molecule has 1 aromatic heterocycles. The molecule has 3 aliphatic rings. The maximum atomic E-state index is 13.4. The number of carbonyl (C=O) groups excluding carboxylic acids is 1. The van der Waals surface area contributed by atoms with Gasteiger partial charge in [0.15, 0.2) is 5.69 Å². The van der Waals surface area contributed by atoms with Gasteiger partial charge in [-0.2, -0.15) is 0 Å². The fourth-order valence-corrected chi connectivity index (χ4v) is 4.52. The lowest BCUT2D eigenvalue weighted by atomic mass is 9.77. The molecule has 2 aliphatic heterocycles. The van der Waals surface area contributed by atoms with E-state index in [-0.39, 0.29) is 18.1 Å². The summed E-state index contributed by atoms with van der Waals surface area (Å²) >= 11 is 0. The fraction of sp³-hybridized carbons (Fsp3) is 0.476. The predicted octanol–water partition coefficient (Wildman–Crippen LogP) is 1.94. The van der Waals surface area contributed by atoms with E-state index in [1.165, 1.54) is 10.6 Å². The lowest BCUT2D eigenvalue weighted by Crippen LogP contribution is -2.45. The first kappa shape index (κ1) is 19.6. The largest absolute Gasteiger partial charge is 0.501 e. The van der Waals surface area contributed by atoms with E-state index < -0.39 is 22.8 Å². The summed E-state index contributed by atoms with van der Waals surface area (Å²) in [6.07, 6.45) is 3.61. The van der Waals surface area contributed by atoms with Gasteiger partial charge in [0.1, 0.15) is 11.6 Å². The lowest BCUT2D eigenvalue weighted by Gasteiger charge is -2.36. The van der Waals surface area contributed by atoms with Gasteiger partial charge in [0.25, 0.3) is 11.5 Å². The smallest absolute Gasteiger partial charge is 0.296 e. The van der Waals surface area contributed by atoms with Crippen molar-refractivity contribution < 1.29 is 14.3 Å². The summed E-state index contributed by atoms with van der Waals surface area (Å²) in [4.78, 5) is 30.1. The third-order valence-corrected chi connectivity index (χ3v) is 6.34. The molecule has 0 atom stereocenters. The molecule has 1 aromatic carbocycles. The number of aromatic nitrogens is 2. The van der Waals surface area contributed by atoms with Gasteiger partial charge in [-0.25, -0.2) is 9.37 Å². The minimum absolute atomic E-state index is 0.138. The summed E-state index contributed by atoms with van der Waals surface area (Å²) in [5.74, 6) is -0.682. The van der Waals surface area contributed by atoms with Crippen LogP contribution in [0.2, 0.25) is 0 Å². The highest BCUT2D eigenvalue weighted by molar-refractivity contribution is 5.94. The first-order chi connectivity index (χ1) is 13.8. The van der Waals surface area contributed by atoms with Gasteiger partial charge >= 0.3 is 0 Å². The maximum absolute atomic E-state index is 13.4. The Balaban J connectivity index is 1.67. The van der Waals surface area contributed by atoms with Crippen molar-refractivity contribution in [1.29, 1.82) is 0 Å². The molecular weight excluding hydrogens is 375 g/mol. The van der Waals surface area contributed by atoms with Crippen LogP contribution in [0.15, 0.2) is 23.0 Å². The lowest BCUT2D eigenvalue weighted by molar-refractivity contribution is 0.0940. The van der Waals surface area contributed by atoms with Gasteiger partial charge in [-0.3, -0.25) is 14.2 Å². The van der Waals surface area contributed by atoms with E-state index in [1.54, 1.807) is 19.1 Å². The van der Waals surface area contributed by atoms with Crippen LogP contribution in [0.3, 0.4) is 0 Å². The number of rotatable bonds is 4. The molecule has 2 aromatic rings. The molecule has 1 aliphatic carbocycles. The van der Waals surface area contributed by atoms with E-state index in [2.05, 4.69) is 15.6 Å². The molecule has 29 heavy (non-hydrogen) atoms. The molecule has 0 spiro atoms. The van der Waals surface area contributed by atoms with E-state index in [0.29, 0.717) is 29.4 Å². The highest BCUT2D eigenvalue weighted by Gasteiger charge is 2.43. The zero-order valence-corrected chi connectivity index (χ0v) is 16.6. The molecule has 1 saturated carbocycles. The Hall–Kier alpha value is -2.74. The van der Waals surface area contributed by atoms with E-state index in [1.807, 2.05) is 7.05 Å². The molecule has 154 valence electrons. The molecule has 0 unspecified atom stereocenters. The number of benzene rings is 1. The number of amides is 1. The summed E-state index contributed by atoms with van der Waals surface area (Å²) in [6.45, 7) is 2.29. The summed E-state index contributed by atoms with van der Waals surface area (Å²) in [7, 11) is 1.84. The van der Waals surface area contributed by atoms with Crippen LogP contribution in [0.1, 0.15) is 53.1 Å². The minimum Gasteiger partial charge on any atom is -0.501 e. The molecule has 8 heteroatoms. The number of carbonyl (C=O) groups is 1. The normalized spacial score (nSPS) is 22.8. The molecule has 3 N–H and O–H groups in total. The van der Waals surface area contributed by atoms with E-state index in [0.717, 1.165) is 25.7 Å². The van der Waals surface area contributed by atoms with Crippen LogP contribution in [0, 0.1) is 18.7 Å². The molecule has 7 nitrogen and oxygen atoms in total. The summed E-state index contributed by atoms with van der Waals surface area (Å²) in [5, 5.41) is 16.4. The van der Waals surface area contributed by atoms with Gasteiger partial charge < -0.3 is 15.7 Å². The molecule has 0 saturated heterocycles. The van der Waals surface area contributed by atoms with Crippen LogP contribution in [-0.4, -0.2) is 27.6 Å². The SMILES string of the molecule is CNC12CCC(CC1)Cn1c2nc(C(=O)NCc2ccc(F)c(C)c2)c(O)c1=O. The van der Waals surface area contributed by atoms with Crippen LogP contribution in [0.25, 0.3) is 0 Å². The zero-order chi connectivity index (χ0) is 20.8. The van der Waals surface area contributed by atoms with Crippen molar-refractivity contribution in [2.45, 2.75) is 51.2 Å². The van der Waals surface area contributed by atoms with Crippen LogP contribution >= 0.6 is 0 Å². The number of nitrogens with one attached hydrogen (secondary N) is 2. The second-order valence-electron chi connectivity index (χ2n) is 8.09. The van der Waals surface area contributed by atoms with Gasteiger partial charge in [0.05, 0.1) is 5.54 Å². The Labute approximate surface area is 168 Å². The third kappa shape index (κ3) is 3.31. The molecule has 1 fully saturated rings. The van der Waals surface area contributed by atoms with Crippen LogP contribution in [-0.2, 0) is 18.6 Å². The van der Waals surface area contributed by atoms with Gasteiger partial charge in [0, 0.05) is 13.1 Å². The monoisotopic (exact) mass is 400 g/mol. The zero-order valence-electron chi connectivity index (χ0n) is 16.6. The summed E-state index contributed by atoms with van der Waals surface area (Å²) < 4.78 is 14.9. The van der Waals surface area contributed by atoms with Crippen molar-refractivity contribution in [1.82, 2.24) is 20.2 Å². The number of aromatic hydroxyl groups is 1. The average molecular weight is 400 g/mol. The number of nitrogens with zero attached hydrogens (tertiary/aromatic N) is 2. The van der Waals surface area contributed by atoms with Crippen molar-refractivity contribution >= 4 is 5.91 Å². The van der Waals surface area contributed by atoms with Crippen LogP contribution in [0.4, 0.5) is 4.39 Å². The number of halogens is 1. The number of hydrogen-bond donors (Lipinski definition) is 3. The van der Waals surface area contributed by atoms with Gasteiger partial charge in [-0.05, 0) is 62.8 Å². The highest BCUT2D eigenvalue weighted by atomic mass is 19.1. The molecule has 3 heterocycles. The second kappa shape index (κ2) is 7.26. The Kier molecular flexibility index (Phi) is 4.90. The van der Waals surface area contributed by atoms with Crippen molar-refractivity contribution in [3.63, 3.8) is 0 Å². The van der Waals surface area contributed by atoms with Gasteiger partial charge in [-0.1, -0.05) is 12.1 Å². The van der Waals surface area contributed by atoms with Crippen LogP contribution in [0.5, 0.6) is 5.75 Å². The third-order valence-electron chi connectivity index (χ3n) is 6.34. The van der Waals surface area contributed by atoms with Gasteiger partial charge in [0.2, 0.25) is 5.75 Å². The van der Waals surface area contributed by atoms with Crippen LogP contribution < -0.4 is 16.2 Å². The number of fused-ring (bicyclic) bond motifs is 2. The predicted molar refractivity (Wildman–Crippen MR) is 105 cm³/mol. The molecule has 2 bridgehead atoms. The van der Waals surface area contributed by atoms with Crippen molar-refractivity contribution in [3.05, 3.63) is 57.0 Å².